The summed E-state index contributed by atoms with van der Waals surface area (Å²) in [7, 11) is 0. The van der Waals surface area contributed by atoms with Crippen LogP contribution in [0.1, 0.15) is 19.8 Å². The van der Waals surface area contributed by atoms with Crippen LogP contribution in [0.5, 0.6) is 0 Å². The van der Waals surface area contributed by atoms with Gasteiger partial charge in [0.15, 0.2) is 0 Å². The van der Waals surface area contributed by atoms with Crippen LogP contribution in [0.15, 0.2) is 30.5 Å². The van der Waals surface area contributed by atoms with E-state index in [2.05, 4.69) is 17.2 Å². The number of pyridine rings is 1. The van der Waals surface area contributed by atoms with E-state index < -0.39 is 0 Å². The molecule has 0 atom stereocenters. The Morgan fingerprint density at radius 1 is 1.37 bits per heavy atom. The van der Waals surface area contributed by atoms with Gasteiger partial charge < -0.3 is 5.32 Å². The van der Waals surface area contributed by atoms with Crippen molar-refractivity contribution in [3.8, 4) is 0 Å². The molecule has 1 heterocycles. The maximum atomic E-state index is 11.0. The molecule has 0 saturated heterocycles. The summed E-state index contributed by atoms with van der Waals surface area (Å²) in [6.07, 6.45) is 3.96. The zero-order valence-electron chi connectivity index (χ0n) is 10.7. The van der Waals surface area contributed by atoms with Crippen LogP contribution in [0, 0.1) is 16.0 Å². The fourth-order valence-corrected chi connectivity index (χ4v) is 2.67. The zero-order valence-corrected chi connectivity index (χ0v) is 10.7. The molecule has 3 rings (SSSR count). The van der Waals surface area contributed by atoms with Gasteiger partial charge in [0.1, 0.15) is 5.52 Å². The smallest absolute Gasteiger partial charge is 0.278 e. The summed E-state index contributed by atoms with van der Waals surface area (Å²) in [5.41, 5.74) is 1.67. The maximum absolute atomic E-state index is 11.0. The first-order valence-electron chi connectivity index (χ1n) is 6.44. The Morgan fingerprint density at radius 3 is 2.84 bits per heavy atom. The van der Waals surface area contributed by atoms with E-state index in [1.807, 2.05) is 0 Å². The fraction of sp³-hybridized carbons (Fsp3) is 0.357. The van der Waals surface area contributed by atoms with Gasteiger partial charge in [0.2, 0.25) is 0 Å². The predicted octanol–water partition coefficient (Wildman–Crippen LogP) is 3.35. The van der Waals surface area contributed by atoms with E-state index in [1.165, 1.54) is 0 Å². The molecule has 1 aliphatic rings. The quantitative estimate of drug-likeness (QED) is 0.676. The highest BCUT2D eigenvalue weighted by Crippen LogP contribution is 2.34. The molecular weight excluding hydrogens is 242 g/mol. The van der Waals surface area contributed by atoms with Gasteiger partial charge in [0.05, 0.1) is 16.0 Å². The van der Waals surface area contributed by atoms with Crippen molar-refractivity contribution < 1.29 is 4.92 Å². The van der Waals surface area contributed by atoms with Crippen LogP contribution in [-0.2, 0) is 0 Å². The van der Waals surface area contributed by atoms with Crippen molar-refractivity contribution >= 4 is 22.3 Å². The van der Waals surface area contributed by atoms with Crippen molar-refractivity contribution in [2.24, 2.45) is 5.92 Å². The van der Waals surface area contributed by atoms with E-state index in [9.17, 15) is 10.1 Å². The second kappa shape index (κ2) is 4.50. The average molecular weight is 257 g/mol. The van der Waals surface area contributed by atoms with Crippen molar-refractivity contribution in [1.82, 2.24) is 4.98 Å². The number of nitrogens with one attached hydrogen (secondary N) is 1. The molecule has 5 heteroatoms. The molecule has 1 fully saturated rings. The fourth-order valence-electron chi connectivity index (χ4n) is 2.67. The Labute approximate surface area is 110 Å². The van der Waals surface area contributed by atoms with E-state index in [-0.39, 0.29) is 10.6 Å². The number of benzene rings is 1. The molecule has 5 nitrogen and oxygen atoms in total. The van der Waals surface area contributed by atoms with E-state index in [0.717, 1.165) is 24.4 Å². The lowest BCUT2D eigenvalue weighted by Crippen LogP contribution is -2.33. The van der Waals surface area contributed by atoms with Gasteiger partial charge in [-0.3, -0.25) is 15.1 Å². The number of nitrogens with zero attached hydrogens (tertiary/aromatic N) is 2. The molecule has 1 N–H and O–H groups in total. The van der Waals surface area contributed by atoms with Gasteiger partial charge in [-0.05, 0) is 37.0 Å². The lowest BCUT2D eigenvalue weighted by atomic mass is 9.82. The number of anilines is 1. The van der Waals surface area contributed by atoms with Crippen LogP contribution in [0.3, 0.4) is 0 Å². The first-order chi connectivity index (χ1) is 9.15. The highest BCUT2D eigenvalue weighted by molar-refractivity contribution is 5.96. The average Bonchev–Trinajstić information content (AvgIpc) is 2.36. The van der Waals surface area contributed by atoms with Crippen molar-refractivity contribution in [1.29, 1.82) is 0 Å². The molecular formula is C14H15N3O2. The molecule has 98 valence electrons. The Balaban J connectivity index is 2.01. The third-order valence-corrected chi connectivity index (χ3v) is 3.68. The summed E-state index contributed by atoms with van der Waals surface area (Å²) >= 11 is 0. The zero-order chi connectivity index (χ0) is 13.4. The molecule has 0 bridgehead atoms. The van der Waals surface area contributed by atoms with E-state index in [4.69, 9.17) is 0 Å². The monoisotopic (exact) mass is 257 g/mol. The van der Waals surface area contributed by atoms with Gasteiger partial charge >= 0.3 is 0 Å². The molecule has 0 amide bonds. The minimum Gasteiger partial charge on any atom is -0.381 e. The van der Waals surface area contributed by atoms with Gasteiger partial charge in [0, 0.05) is 18.3 Å². The number of nitro benzene ring substituents is 1. The standard InChI is InChI=1S/C14H15N3O2/c1-9-7-10(8-9)16-12-4-5-13(17(18)19)11-3-2-6-15-14(11)12/h2-6,9-10,16H,7-8H2,1H3. The van der Waals surface area contributed by atoms with Crippen molar-refractivity contribution in [3.63, 3.8) is 0 Å². The summed E-state index contributed by atoms with van der Waals surface area (Å²) in [5, 5.41) is 15.0. The first kappa shape index (κ1) is 11.9. The van der Waals surface area contributed by atoms with E-state index in [1.54, 1.807) is 30.5 Å². The normalized spacial score (nSPS) is 21.9. The van der Waals surface area contributed by atoms with Crippen LogP contribution >= 0.6 is 0 Å². The predicted molar refractivity (Wildman–Crippen MR) is 74.2 cm³/mol. The Hall–Kier alpha value is -2.17. The number of rotatable bonds is 3. The second-order valence-electron chi connectivity index (χ2n) is 5.21. The molecule has 1 aromatic heterocycles. The summed E-state index contributed by atoms with van der Waals surface area (Å²) in [5.74, 6) is 0.759. The SMILES string of the molecule is CC1CC(Nc2ccc([N+](=O)[O-])c3cccnc23)C1. The lowest BCUT2D eigenvalue weighted by Gasteiger charge is -2.34. The van der Waals surface area contributed by atoms with Crippen LogP contribution < -0.4 is 5.32 Å². The number of hydrogen-bond donors (Lipinski definition) is 1. The van der Waals surface area contributed by atoms with E-state index >= 15 is 0 Å². The molecule has 2 aromatic rings. The van der Waals surface area contributed by atoms with Crippen molar-refractivity contribution in [3.05, 3.63) is 40.6 Å². The summed E-state index contributed by atoms with van der Waals surface area (Å²) in [6.45, 7) is 2.23. The highest BCUT2D eigenvalue weighted by Gasteiger charge is 2.26. The Kier molecular flexibility index (Phi) is 2.81. The lowest BCUT2D eigenvalue weighted by molar-refractivity contribution is -0.383. The Bertz CT molecular complexity index is 636. The molecule has 0 spiro atoms. The van der Waals surface area contributed by atoms with Crippen LogP contribution in [0.2, 0.25) is 0 Å². The molecule has 1 aliphatic carbocycles. The second-order valence-corrected chi connectivity index (χ2v) is 5.21. The number of hydrogen-bond acceptors (Lipinski definition) is 4. The number of nitro groups is 1. The Morgan fingerprint density at radius 2 is 2.16 bits per heavy atom. The summed E-state index contributed by atoms with van der Waals surface area (Å²) < 4.78 is 0. The van der Waals surface area contributed by atoms with E-state index in [0.29, 0.717) is 16.9 Å². The van der Waals surface area contributed by atoms with Crippen molar-refractivity contribution in [2.45, 2.75) is 25.8 Å². The third-order valence-electron chi connectivity index (χ3n) is 3.68. The van der Waals surface area contributed by atoms with Gasteiger partial charge in [-0.1, -0.05) is 6.92 Å². The van der Waals surface area contributed by atoms with Crippen molar-refractivity contribution in [2.75, 3.05) is 5.32 Å². The minimum absolute atomic E-state index is 0.107. The van der Waals surface area contributed by atoms with Crippen LogP contribution in [0.4, 0.5) is 11.4 Å². The highest BCUT2D eigenvalue weighted by atomic mass is 16.6. The number of fused-ring (bicyclic) bond motifs is 1. The van der Waals surface area contributed by atoms with Crippen LogP contribution in [0.25, 0.3) is 10.9 Å². The first-order valence-corrected chi connectivity index (χ1v) is 6.44. The summed E-state index contributed by atoms with van der Waals surface area (Å²) in [6, 6.07) is 7.24. The summed E-state index contributed by atoms with van der Waals surface area (Å²) in [4.78, 5) is 14.9. The molecule has 1 aromatic carbocycles. The molecule has 1 saturated carbocycles. The molecule has 0 radical (unpaired) electrons. The molecule has 0 unspecified atom stereocenters. The largest absolute Gasteiger partial charge is 0.381 e. The van der Waals surface area contributed by atoms with Gasteiger partial charge in [0.25, 0.3) is 5.69 Å². The topological polar surface area (TPSA) is 68.1 Å². The molecule has 19 heavy (non-hydrogen) atoms. The number of aromatic nitrogens is 1. The van der Waals surface area contributed by atoms with Gasteiger partial charge in [-0.25, -0.2) is 0 Å². The number of non-ortho nitro benzene ring substituents is 1. The molecule has 0 aliphatic heterocycles. The minimum atomic E-state index is -0.362. The van der Waals surface area contributed by atoms with Gasteiger partial charge in [-0.15, -0.1) is 0 Å². The third kappa shape index (κ3) is 2.12. The maximum Gasteiger partial charge on any atom is 0.278 e. The van der Waals surface area contributed by atoms with Gasteiger partial charge in [-0.2, -0.15) is 0 Å². The van der Waals surface area contributed by atoms with Crippen LogP contribution in [-0.4, -0.2) is 15.9 Å².